The fourth-order valence-electron chi connectivity index (χ4n) is 1.60. The SMILES string of the molecule is CC=CC(=CCCC(C)CC)C(C)CC. The van der Waals surface area contributed by atoms with E-state index in [1.54, 1.807) is 0 Å². The van der Waals surface area contributed by atoms with Gasteiger partial charge in [0.25, 0.3) is 0 Å². The second kappa shape index (κ2) is 8.76. The smallest absolute Gasteiger partial charge is 0.0196 e. The first-order valence-corrected chi connectivity index (χ1v) is 6.48. The van der Waals surface area contributed by atoms with Crippen LogP contribution < -0.4 is 0 Å². The van der Waals surface area contributed by atoms with Gasteiger partial charge in [-0.2, -0.15) is 0 Å². The van der Waals surface area contributed by atoms with Gasteiger partial charge in [-0.05, 0) is 43.6 Å². The fourth-order valence-corrected chi connectivity index (χ4v) is 1.60. The first-order valence-electron chi connectivity index (χ1n) is 6.48. The van der Waals surface area contributed by atoms with Crippen molar-refractivity contribution < 1.29 is 0 Å². The highest BCUT2D eigenvalue weighted by Crippen LogP contribution is 2.18. The lowest BCUT2D eigenvalue weighted by atomic mass is 9.95. The van der Waals surface area contributed by atoms with Gasteiger partial charge in [-0.25, -0.2) is 0 Å². The van der Waals surface area contributed by atoms with Gasteiger partial charge in [-0.3, -0.25) is 0 Å². The molecule has 0 fully saturated rings. The van der Waals surface area contributed by atoms with Crippen molar-refractivity contribution in [2.45, 2.75) is 60.3 Å². The normalized spacial score (nSPS) is 17.0. The lowest BCUT2D eigenvalue weighted by molar-refractivity contribution is 0.519. The average Bonchev–Trinajstić information content (AvgIpc) is 2.26. The van der Waals surface area contributed by atoms with Crippen molar-refractivity contribution in [1.82, 2.24) is 0 Å². The zero-order valence-electron chi connectivity index (χ0n) is 11.2. The molecule has 88 valence electrons. The molecule has 0 aromatic heterocycles. The van der Waals surface area contributed by atoms with Crippen LogP contribution in [0.2, 0.25) is 0 Å². The highest BCUT2D eigenvalue weighted by molar-refractivity contribution is 5.20. The Morgan fingerprint density at radius 2 is 1.80 bits per heavy atom. The summed E-state index contributed by atoms with van der Waals surface area (Å²) in [4.78, 5) is 0. The molecule has 0 aliphatic heterocycles. The highest BCUT2D eigenvalue weighted by Gasteiger charge is 2.03. The molecule has 0 nitrogen and oxygen atoms in total. The van der Waals surface area contributed by atoms with Gasteiger partial charge in [0.1, 0.15) is 0 Å². The van der Waals surface area contributed by atoms with Crippen LogP contribution in [0.15, 0.2) is 23.8 Å². The van der Waals surface area contributed by atoms with Crippen molar-refractivity contribution in [1.29, 1.82) is 0 Å². The van der Waals surface area contributed by atoms with Crippen molar-refractivity contribution in [3.63, 3.8) is 0 Å². The molecule has 2 unspecified atom stereocenters. The quantitative estimate of drug-likeness (QED) is 0.494. The van der Waals surface area contributed by atoms with Gasteiger partial charge in [-0.15, -0.1) is 0 Å². The molecule has 0 radical (unpaired) electrons. The molecule has 0 aromatic rings. The van der Waals surface area contributed by atoms with Crippen LogP contribution in [0.4, 0.5) is 0 Å². The number of rotatable bonds is 7. The van der Waals surface area contributed by atoms with E-state index in [9.17, 15) is 0 Å². The summed E-state index contributed by atoms with van der Waals surface area (Å²) >= 11 is 0. The van der Waals surface area contributed by atoms with Gasteiger partial charge in [0.05, 0.1) is 0 Å². The van der Waals surface area contributed by atoms with Gasteiger partial charge in [0.2, 0.25) is 0 Å². The number of hydrogen-bond donors (Lipinski definition) is 0. The fraction of sp³-hybridized carbons (Fsp3) is 0.733. The number of hydrogen-bond acceptors (Lipinski definition) is 0. The maximum Gasteiger partial charge on any atom is -0.0196 e. The summed E-state index contributed by atoms with van der Waals surface area (Å²) in [6.07, 6.45) is 12.0. The molecule has 15 heavy (non-hydrogen) atoms. The Hall–Kier alpha value is -0.520. The first-order chi connectivity index (χ1) is 7.15. The minimum absolute atomic E-state index is 0.707. The van der Waals surface area contributed by atoms with Gasteiger partial charge >= 0.3 is 0 Å². The van der Waals surface area contributed by atoms with Crippen LogP contribution in [0.3, 0.4) is 0 Å². The Bertz CT molecular complexity index is 198. The van der Waals surface area contributed by atoms with Crippen LogP contribution in [-0.4, -0.2) is 0 Å². The lowest BCUT2D eigenvalue weighted by Crippen LogP contribution is -1.96. The van der Waals surface area contributed by atoms with Crippen molar-refractivity contribution >= 4 is 0 Å². The van der Waals surface area contributed by atoms with E-state index in [4.69, 9.17) is 0 Å². The summed E-state index contributed by atoms with van der Waals surface area (Å²) in [5, 5.41) is 0. The van der Waals surface area contributed by atoms with Crippen LogP contribution in [0.5, 0.6) is 0 Å². The third-order valence-electron chi connectivity index (χ3n) is 3.28. The van der Waals surface area contributed by atoms with E-state index in [1.165, 1.54) is 31.3 Å². The van der Waals surface area contributed by atoms with E-state index in [1.807, 2.05) is 0 Å². The van der Waals surface area contributed by atoms with Crippen molar-refractivity contribution in [3.05, 3.63) is 23.8 Å². The van der Waals surface area contributed by atoms with Crippen LogP contribution >= 0.6 is 0 Å². The predicted molar refractivity (Wildman–Crippen MR) is 71.0 cm³/mol. The second-order valence-corrected chi connectivity index (χ2v) is 4.60. The molecule has 0 heterocycles. The Morgan fingerprint density at radius 1 is 1.13 bits per heavy atom. The van der Waals surface area contributed by atoms with Crippen molar-refractivity contribution in [3.8, 4) is 0 Å². The molecule has 0 aliphatic carbocycles. The summed E-state index contributed by atoms with van der Waals surface area (Å²) in [6.45, 7) is 11.3. The van der Waals surface area contributed by atoms with Crippen molar-refractivity contribution in [2.24, 2.45) is 11.8 Å². The Kier molecular flexibility index (Phi) is 8.46. The molecule has 0 heteroatoms. The minimum Gasteiger partial charge on any atom is -0.0874 e. The first kappa shape index (κ1) is 14.5. The van der Waals surface area contributed by atoms with E-state index < -0.39 is 0 Å². The predicted octanol–water partition coefficient (Wildman–Crippen LogP) is 5.36. The van der Waals surface area contributed by atoms with Crippen molar-refractivity contribution in [2.75, 3.05) is 0 Å². The van der Waals surface area contributed by atoms with Crippen LogP contribution in [0.25, 0.3) is 0 Å². The Labute approximate surface area is 96.5 Å². The molecular formula is C15H28. The summed E-state index contributed by atoms with van der Waals surface area (Å²) in [6, 6.07) is 0. The second-order valence-electron chi connectivity index (χ2n) is 4.60. The molecule has 0 N–H and O–H groups in total. The Balaban J connectivity index is 4.17. The maximum atomic E-state index is 2.43. The summed E-state index contributed by atoms with van der Waals surface area (Å²) in [5.41, 5.74) is 1.52. The number of allylic oxidation sites excluding steroid dienone is 4. The van der Waals surface area contributed by atoms with E-state index in [-0.39, 0.29) is 0 Å². The topological polar surface area (TPSA) is 0 Å². The van der Waals surface area contributed by atoms with E-state index in [0.717, 1.165) is 5.92 Å². The third kappa shape index (κ3) is 6.54. The lowest BCUT2D eigenvalue weighted by Gasteiger charge is -2.11. The standard InChI is InChI=1S/C15H28/c1-6-10-15(14(5)8-3)12-9-11-13(4)7-2/h6,10,12-14H,7-9,11H2,1-5H3. The summed E-state index contributed by atoms with van der Waals surface area (Å²) in [7, 11) is 0. The summed E-state index contributed by atoms with van der Waals surface area (Å²) in [5.74, 6) is 1.57. The van der Waals surface area contributed by atoms with E-state index in [0.29, 0.717) is 5.92 Å². The van der Waals surface area contributed by atoms with E-state index >= 15 is 0 Å². The molecule has 0 spiro atoms. The molecule has 0 amide bonds. The molecule has 0 aromatic carbocycles. The molecule has 0 bridgehead atoms. The van der Waals surface area contributed by atoms with Crippen LogP contribution in [-0.2, 0) is 0 Å². The molecule has 0 saturated carbocycles. The van der Waals surface area contributed by atoms with Crippen LogP contribution in [0.1, 0.15) is 60.3 Å². The van der Waals surface area contributed by atoms with Gasteiger partial charge in [0, 0.05) is 0 Å². The molecule has 0 saturated heterocycles. The third-order valence-corrected chi connectivity index (χ3v) is 3.28. The largest absolute Gasteiger partial charge is 0.0874 e. The van der Waals surface area contributed by atoms with Gasteiger partial charge in [-0.1, -0.05) is 52.3 Å². The average molecular weight is 208 g/mol. The molecule has 2 atom stereocenters. The molecule has 0 rings (SSSR count). The monoisotopic (exact) mass is 208 g/mol. The molecule has 0 aliphatic rings. The molecular weight excluding hydrogens is 180 g/mol. The highest BCUT2D eigenvalue weighted by atomic mass is 14.1. The zero-order chi connectivity index (χ0) is 11.7. The van der Waals surface area contributed by atoms with Gasteiger partial charge < -0.3 is 0 Å². The zero-order valence-corrected chi connectivity index (χ0v) is 11.2. The van der Waals surface area contributed by atoms with Crippen LogP contribution in [0, 0.1) is 11.8 Å². The Morgan fingerprint density at radius 3 is 2.27 bits per heavy atom. The van der Waals surface area contributed by atoms with E-state index in [2.05, 4.69) is 52.8 Å². The maximum absolute atomic E-state index is 2.43. The minimum atomic E-state index is 0.707. The van der Waals surface area contributed by atoms with Gasteiger partial charge in [0.15, 0.2) is 0 Å². The summed E-state index contributed by atoms with van der Waals surface area (Å²) < 4.78 is 0.